The summed E-state index contributed by atoms with van der Waals surface area (Å²) in [6.45, 7) is 2.60. The molecule has 1 aliphatic heterocycles. The molecule has 29 heavy (non-hydrogen) atoms. The van der Waals surface area contributed by atoms with E-state index in [0.29, 0.717) is 54.1 Å². The number of aryl methyl sites for hydroxylation is 1. The predicted octanol–water partition coefficient (Wildman–Crippen LogP) is 3.29. The predicted molar refractivity (Wildman–Crippen MR) is 99.5 cm³/mol. The number of likely N-dealkylation sites (tertiary alicyclic amines) is 1. The van der Waals surface area contributed by atoms with Gasteiger partial charge < -0.3 is 19.7 Å². The first-order valence-corrected chi connectivity index (χ1v) is 9.22. The molecule has 1 fully saturated rings. The third-order valence-electron chi connectivity index (χ3n) is 4.99. The minimum absolute atomic E-state index is 0.149. The zero-order valence-electron chi connectivity index (χ0n) is 15.6. The Bertz CT molecular complexity index is 1050. The zero-order chi connectivity index (χ0) is 20.5. The quantitative estimate of drug-likeness (QED) is 0.696. The normalized spacial score (nSPS) is 15.2. The van der Waals surface area contributed by atoms with E-state index in [1.54, 1.807) is 30.0 Å². The topological polar surface area (TPSA) is 104 Å². The number of rotatable bonds is 4. The van der Waals surface area contributed by atoms with Crippen LogP contribution in [0.25, 0.3) is 11.0 Å². The van der Waals surface area contributed by atoms with Crippen LogP contribution in [-0.2, 0) is 4.79 Å². The highest BCUT2D eigenvalue weighted by Crippen LogP contribution is 2.24. The third kappa shape index (κ3) is 3.96. The molecule has 2 aromatic heterocycles. The van der Waals surface area contributed by atoms with E-state index < -0.39 is 12.2 Å². The molecule has 0 radical (unpaired) electrons. The molecule has 1 aromatic carbocycles. The number of alkyl halides is 2. The number of nitrogens with zero attached hydrogens (tertiary/aromatic N) is 3. The minimum atomic E-state index is -2.70. The van der Waals surface area contributed by atoms with Crippen LogP contribution in [0.5, 0.6) is 0 Å². The smallest absolute Gasteiger partial charge is 0.295 e. The first-order valence-electron chi connectivity index (χ1n) is 9.22. The lowest BCUT2D eigenvalue weighted by atomic mass is 9.95. The molecule has 0 atom stereocenters. The molecule has 3 aromatic rings. The summed E-state index contributed by atoms with van der Waals surface area (Å²) >= 11 is 0. The Morgan fingerprint density at radius 3 is 2.69 bits per heavy atom. The van der Waals surface area contributed by atoms with E-state index in [1.165, 1.54) is 6.07 Å². The van der Waals surface area contributed by atoms with Crippen LogP contribution in [0.4, 0.5) is 14.6 Å². The Balaban J connectivity index is 1.38. The summed E-state index contributed by atoms with van der Waals surface area (Å²) in [6.07, 6.45) is -1.65. The Morgan fingerprint density at radius 1 is 1.28 bits per heavy atom. The Labute approximate surface area is 164 Å². The van der Waals surface area contributed by atoms with Crippen molar-refractivity contribution >= 4 is 28.7 Å². The van der Waals surface area contributed by atoms with Gasteiger partial charge in [0.15, 0.2) is 11.6 Å². The lowest BCUT2D eigenvalue weighted by molar-refractivity contribution is -0.121. The zero-order valence-corrected chi connectivity index (χ0v) is 15.6. The van der Waals surface area contributed by atoms with Crippen molar-refractivity contribution in [1.82, 2.24) is 20.0 Å². The van der Waals surface area contributed by atoms with Crippen molar-refractivity contribution in [2.75, 3.05) is 18.4 Å². The number of amides is 2. The number of nitrogens with one attached hydrogen (secondary N) is 2. The van der Waals surface area contributed by atoms with Gasteiger partial charge in [-0.05, 0) is 38.0 Å². The number of hydrogen-bond acceptors (Lipinski definition) is 5. The van der Waals surface area contributed by atoms with Gasteiger partial charge in [-0.1, -0.05) is 5.16 Å². The van der Waals surface area contributed by atoms with Crippen LogP contribution in [0.1, 0.15) is 41.2 Å². The van der Waals surface area contributed by atoms with E-state index in [-0.39, 0.29) is 17.7 Å². The Kier molecular flexibility index (Phi) is 4.99. The lowest BCUT2D eigenvalue weighted by Crippen LogP contribution is -2.41. The van der Waals surface area contributed by atoms with Crippen LogP contribution in [0.3, 0.4) is 0 Å². The Morgan fingerprint density at radius 2 is 2.03 bits per heavy atom. The highest BCUT2D eigenvalue weighted by molar-refractivity contribution is 5.98. The van der Waals surface area contributed by atoms with Crippen LogP contribution in [-0.4, -0.2) is 44.9 Å². The molecular weight excluding hydrogens is 384 g/mol. The minimum Gasteiger partial charge on any atom is -0.360 e. The number of fused-ring (bicyclic) bond motifs is 1. The van der Waals surface area contributed by atoms with Crippen LogP contribution >= 0.6 is 0 Å². The molecule has 0 saturated carbocycles. The van der Waals surface area contributed by atoms with Gasteiger partial charge in [0.1, 0.15) is 5.76 Å². The molecule has 10 heteroatoms. The summed E-state index contributed by atoms with van der Waals surface area (Å²) in [5.74, 6) is -0.00832. The SMILES string of the molecule is Cc1cc(NC(=O)C2CCN(C(=O)c3ccc4nc(C(F)F)[nH]c4c3)CC2)no1. The second-order valence-electron chi connectivity index (χ2n) is 7.03. The summed E-state index contributed by atoms with van der Waals surface area (Å²) in [7, 11) is 0. The van der Waals surface area contributed by atoms with Crippen LogP contribution < -0.4 is 5.32 Å². The third-order valence-corrected chi connectivity index (χ3v) is 4.99. The molecule has 152 valence electrons. The van der Waals surface area contributed by atoms with Gasteiger partial charge in [-0.3, -0.25) is 9.59 Å². The van der Waals surface area contributed by atoms with Crippen molar-refractivity contribution in [2.24, 2.45) is 5.92 Å². The number of aromatic nitrogens is 3. The molecule has 1 aliphatic rings. The molecular formula is C19H19F2N5O3. The second kappa shape index (κ2) is 7.61. The fraction of sp³-hybridized carbons (Fsp3) is 0.368. The average Bonchev–Trinajstić information content (AvgIpc) is 3.33. The molecule has 4 rings (SSSR count). The van der Waals surface area contributed by atoms with Crippen LogP contribution in [0.2, 0.25) is 0 Å². The second-order valence-corrected chi connectivity index (χ2v) is 7.03. The number of carbonyl (C=O) groups is 2. The first kappa shape index (κ1) is 19.0. The first-order chi connectivity index (χ1) is 13.9. The van der Waals surface area contributed by atoms with Crippen LogP contribution in [0.15, 0.2) is 28.8 Å². The molecule has 3 heterocycles. The molecule has 8 nitrogen and oxygen atoms in total. The monoisotopic (exact) mass is 403 g/mol. The number of aromatic amines is 1. The number of imidazole rings is 1. The molecule has 0 aliphatic carbocycles. The number of anilines is 1. The molecule has 0 spiro atoms. The standard InChI is InChI=1S/C19H19F2N5O3/c1-10-8-15(25-29-10)24-18(27)11-4-6-26(7-5-11)19(28)12-2-3-13-14(9-12)23-17(22-13)16(20)21/h2-3,8-9,11,16H,4-7H2,1H3,(H,22,23)(H,24,25,27). The van der Waals surface area contributed by atoms with E-state index >= 15 is 0 Å². The van der Waals surface area contributed by atoms with Gasteiger partial charge in [0, 0.05) is 30.6 Å². The van der Waals surface area contributed by atoms with Crippen molar-refractivity contribution in [3.63, 3.8) is 0 Å². The number of benzene rings is 1. The molecule has 0 unspecified atom stereocenters. The van der Waals surface area contributed by atoms with Crippen molar-refractivity contribution in [3.05, 3.63) is 41.4 Å². The summed E-state index contributed by atoms with van der Waals surface area (Å²) in [4.78, 5) is 33.1. The summed E-state index contributed by atoms with van der Waals surface area (Å²) < 4.78 is 30.5. The molecule has 2 N–H and O–H groups in total. The van der Waals surface area contributed by atoms with Crippen molar-refractivity contribution in [1.29, 1.82) is 0 Å². The number of halogens is 2. The number of carbonyl (C=O) groups excluding carboxylic acids is 2. The number of hydrogen-bond donors (Lipinski definition) is 2. The van der Waals surface area contributed by atoms with E-state index in [9.17, 15) is 18.4 Å². The van der Waals surface area contributed by atoms with Gasteiger partial charge in [-0.15, -0.1) is 0 Å². The molecule has 1 saturated heterocycles. The highest BCUT2D eigenvalue weighted by Gasteiger charge is 2.28. The summed E-state index contributed by atoms with van der Waals surface area (Å²) in [6, 6.07) is 6.29. The lowest BCUT2D eigenvalue weighted by Gasteiger charge is -2.31. The molecule has 2 amide bonds. The Hall–Kier alpha value is -3.30. The van der Waals surface area contributed by atoms with Gasteiger partial charge in [0.05, 0.1) is 11.0 Å². The van der Waals surface area contributed by atoms with Gasteiger partial charge in [-0.25, -0.2) is 13.8 Å². The van der Waals surface area contributed by atoms with Crippen molar-refractivity contribution in [2.45, 2.75) is 26.2 Å². The van der Waals surface area contributed by atoms with E-state index in [1.807, 2.05) is 0 Å². The van der Waals surface area contributed by atoms with Gasteiger partial charge in [-0.2, -0.15) is 0 Å². The largest absolute Gasteiger partial charge is 0.360 e. The van der Waals surface area contributed by atoms with E-state index in [0.717, 1.165) is 0 Å². The van der Waals surface area contributed by atoms with Gasteiger partial charge in [0.25, 0.3) is 12.3 Å². The average molecular weight is 403 g/mol. The molecule has 0 bridgehead atoms. The van der Waals surface area contributed by atoms with Gasteiger partial charge >= 0.3 is 0 Å². The van der Waals surface area contributed by atoms with E-state index in [4.69, 9.17) is 4.52 Å². The highest BCUT2D eigenvalue weighted by atomic mass is 19.3. The maximum absolute atomic E-state index is 12.8. The van der Waals surface area contributed by atoms with Crippen molar-refractivity contribution < 1.29 is 22.9 Å². The fourth-order valence-electron chi connectivity index (χ4n) is 3.45. The summed E-state index contributed by atoms with van der Waals surface area (Å²) in [5.41, 5.74) is 1.17. The van der Waals surface area contributed by atoms with Gasteiger partial charge in [0.2, 0.25) is 5.91 Å². The van der Waals surface area contributed by atoms with Crippen LogP contribution in [0, 0.1) is 12.8 Å². The van der Waals surface area contributed by atoms with Crippen molar-refractivity contribution in [3.8, 4) is 0 Å². The fourth-order valence-corrected chi connectivity index (χ4v) is 3.45. The maximum atomic E-state index is 12.8. The summed E-state index contributed by atoms with van der Waals surface area (Å²) in [5, 5.41) is 6.46. The number of piperidine rings is 1. The van der Waals surface area contributed by atoms with E-state index in [2.05, 4.69) is 20.4 Å². The number of H-pyrrole nitrogens is 1. The maximum Gasteiger partial charge on any atom is 0.295 e.